The lowest BCUT2D eigenvalue weighted by molar-refractivity contribution is 0.235. The van der Waals surface area contributed by atoms with Crippen LogP contribution in [0.5, 0.6) is 17.2 Å². The van der Waals surface area contributed by atoms with Crippen molar-refractivity contribution in [3.8, 4) is 28.4 Å². The molecule has 32 heavy (non-hydrogen) atoms. The van der Waals surface area contributed by atoms with Gasteiger partial charge in [0.25, 0.3) is 10.1 Å². The van der Waals surface area contributed by atoms with Gasteiger partial charge in [0.05, 0.1) is 21.3 Å². The summed E-state index contributed by atoms with van der Waals surface area (Å²) in [6.45, 7) is 3.95. The quantitative estimate of drug-likeness (QED) is 0.488. The van der Waals surface area contributed by atoms with Crippen LogP contribution in [0.2, 0.25) is 0 Å². The van der Waals surface area contributed by atoms with E-state index in [-0.39, 0.29) is 4.90 Å². The number of methoxy groups -OCH3 is 2. The topological polar surface area (TPSA) is 71.1 Å². The van der Waals surface area contributed by atoms with Gasteiger partial charge in [0.1, 0.15) is 16.7 Å². The molecule has 0 N–H and O–H groups in total. The van der Waals surface area contributed by atoms with Crippen LogP contribution in [-0.4, -0.2) is 29.7 Å². The molecule has 1 heterocycles. The van der Waals surface area contributed by atoms with Crippen molar-refractivity contribution < 1.29 is 26.8 Å². The number of aryl methyl sites for hydroxylation is 2. The average Bonchev–Trinajstić information content (AvgIpc) is 3.21. The third kappa shape index (κ3) is 3.82. The lowest BCUT2D eigenvalue weighted by Crippen LogP contribution is -2.12. The second-order valence-electron chi connectivity index (χ2n) is 7.81. The van der Waals surface area contributed by atoms with Crippen LogP contribution in [0.3, 0.4) is 0 Å². The summed E-state index contributed by atoms with van der Waals surface area (Å²) in [5, 5.41) is 0. The number of hydrogen-bond donors (Lipinski definition) is 0. The van der Waals surface area contributed by atoms with Gasteiger partial charge in [0.15, 0.2) is 11.5 Å². The highest BCUT2D eigenvalue weighted by molar-refractivity contribution is 7.86. The number of benzene rings is 3. The Morgan fingerprint density at radius 1 is 0.906 bits per heavy atom. The minimum absolute atomic E-state index is 0.126. The van der Waals surface area contributed by atoms with E-state index in [9.17, 15) is 8.42 Å². The normalized spacial score (nSPS) is 15.2. The zero-order valence-corrected chi connectivity index (χ0v) is 19.6. The van der Waals surface area contributed by atoms with Gasteiger partial charge in [0.2, 0.25) is 0 Å². The third-order valence-electron chi connectivity index (χ3n) is 5.67. The number of hydrogen-bond acceptors (Lipinski definition) is 6. The molecule has 0 saturated heterocycles. The number of para-hydroxylation sites is 1. The van der Waals surface area contributed by atoms with Crippen LogP contribution in [0, 0.1) is 13.8 Å². The SMILES string of the molecule is COc1cccc(-c2cc(C)cc3c2OC(c2cc(C)ccc2S(=O)(=O)OC)C3)c1OC. The third-order valence-corrected chi connectivity index (χ3v) is 7.02. The first kappa shape index (κ1) is 22.2. The van der Waals surface area contributed by atoms with Gasteiger partial charge in [-0.3, -0.25) is 4.18 Å². The first-order chi connectivity index (χ1) is 15.3. The molecule has 0 amide bonds. The van der Waals surface area contributed by atoms with Crippen molar-refractivity contribution >= 4 is 10.1 Å². The molecule has 0 spiro atoms. The number of ether oxygens (including phenoxy) is 3. The molecule has 0 fully saturated rings. The van der Waals surface area contributed by atoms with Crippen LogP contribution in [0.15, 0.2) is 53.4 Å². The zero-order chi connectivity index (χ0) is 23.0. The summed E-state index contributed by atoms with van der Waals surface area (Å²) in [6, 6.07) is 15.0. The monoisotopic (exact) mass is 454 g/mol. The zero-order valence-electron chi connectivity index (χ0n) is 18.8. The van der Waals surface area contributed by atoms with Crippen LogP contribution in [0.25, 0.3) is 11.1 Å². The van der Waals surface area contributed by atoms with E-state index in [1.807, 2.05) is 44.2 Å². The molecule has 0 radical (unpaired) electrons. The van der Waals surface area contributed by atoms with Gasteiger partial charge in [-0.2, -0.15) is 8.42 Å². The highest BCUT2D eigenvalue weighted by Gasteiger charge is 2.33. The molecule has 6 nitrogen and oxygen atoms in total. The van der Waals surface area contributed by atoms with E-state index in [4.69, 9.17) is 18.4 Å². The molecule has 168 valence electrons. The second kappa shape index (κ2) is 8.48. The Hall–Kier alpha value is -3.03. The smallest absolute Gasteiger partial charge is 0.297 e. The van der Waals surface area contributed by atoms with Crippen LogP contribution < -0.4 is 14.2 Å². The summed E-state index contributed by atoms with van der Waals surface area (Å²) < 4.78 is 47.4. The van der Waals surface area contributed by atoms with E-state index in [1.165, 1.54) is 7.11 Å². The minimum atomic E-state index is -3.88. The van der Waals surface area contributed by atoms with E-state index < -0.39 is 16.2 Å². The standard InChI is InChI=1S/C25H26O6S/c1-15-9-10-23(32(26,27)30-5)20(12-15)22-14-17-11-16(2)13-19(24(17)31-22)18-7-6-8-21(28-3)25(18)29-4/h6-13,22H,14H2,1-5H3. The Morgan fingerprint density at radius 2 is 1.69 bits per heavy atom. The van der Waals surface area contributed by atoms with E-state index in [2.05, 4.69) is 6.07 Å². The molecule has 0 aliphatic carbocycles. The summed E-state index contributed by atoms with van der Waals surface area (Å²) in [4.78, 5) is 0.126. The van der Waals surface area contributed by atoms with Crippen LogP contribution in [0.1, 0.15) is 28.4 Å². The van der Waals surface area contributed by atoms with Crippen molar-refractivity contribution in [3.05, 3.63) is 70.8 Å². The summed E-state index contributed by atoms with van der Waals surface area (Å²) in [7, 11) is 0.498. The first-order valence-corrected chi connectivity index (χ1v) is 11.6. The van der Waals surface area contributed by atoms with Crippen LogP contribution >= 0.6 is 0 Å². The van der Waals surface area contributed by atoms with Gasteiger partial charge < -0.3 is 14.2 Å². The molecule has 1 atom stereocenters. The molecule has 3 aromatic rings. The predicted molar refractivity (Wildman–Crippen MR) is 122 cm³/mol. The Morgan fingerprint density at radius 3 is 2.38 bits per heavy atom. The fourth-order valence-electron chi connectivity index (χ4n) is 4.23. The van der Waals surface area contributed by atoms with Crippen molar-refractivity contribution in [3.63, 3.8) is 0 Å². The fourth-order valence-corrected chi connectivity index (χ4v) is 5.13. The van der Waals surface area contributed by atoms with E-state index >= 15 is 0 Å². The van der Waals surface area contributed by atoms with Gasteiger partial charge in [-0.05, 0) is 43.2 Å². The van der Waals surface area contributed by atoms with Crippen molar-refractivity contribution in [2.24, 2.45) is 0 Å². The molecule has 1 unspecified atom stereocenters. The lowest BCUT2D eigenvalue weighted by Gasteiger charge is -2.18. The fraction of sp³-hybridized carbons (Fsp3) is 0.280. The van der Waals surface area contributed by atoms with Gasteiger partial charge in [-0.1, -0.05) is 35.9 Å². The number of rotatable bonds is 6. The second-order valence-corrected chi connectivity index (χ2v) is 9.50. The van der Waals surface area contributed by atoms with Gasteiger partial charge in [-0.25, -0.2) is 0 Å². The Kier molecular flexibility index (Phi) is 5.88. The van der Waals surface area contributed by atoms with E-state index in [0.717, 1.165) is 33.6 Å². The highest BCUT2D eigenvalue weighted by Crippen LogP contribution is 2.48. The maximum atomic E-state index is 12.6. The summed E-state index contributed by atoms with van der Waals surface area (Å²) in [5.41, 5.74) is 5.34. The summed E-state index contributed by atoms with van der Waals surface area (Å²) in [6.07, 6.45) is 0.0911. The van der Waals surface area contributed by atoms with Crippen molar-refractivity contribution in [2.45, 2.75) is 31.3 Å². The molecule has 0 saturated carbocycles. The average molecular weight is 455 g/mol. The molecule has 4 rings (SSSR count). The van der Waals surface area contributed by atoms with Crippen LogP contribution in [-0.2, 0) is 20.7 Å². The summed E-state index contributed by atoms with van der Waals surface area (Å²) in [5.74, 6) is 1.96. The molecule has 1 aliphatic heterocycles. The first-order valence-electron chi connectivity index (χ1n) is 10.2. The Bertz CT molecular complexity index is 1280. The molecule has 7 heteroatoms. The van der Waals surface area contributed by atoms with Crippen molar-refractivity contribution in [1.29, 1.82) is 0 Å². The highest BCUT2D eigenvalue weighted by atomic mass is 32.2. The number of fused-ring (bicyclic) bond motifs is 1. The molecule has 3 aromatic carbocycles. The van der Waals surface area contributed by atoms with Crippen molar-refractivity contribution in [2.75, 3.05) is 21.3 Å². The largest absolute Gasteiger partial charge is 0.493 e. The van der Waals surface area contributed by atoms with Gasteiger partial charge in [-0.15, -0.1) is 0 Å². The Balaban J connectivity index is 1.85. The maximum absolute atomic E-state index is 12.6. The minimum Gasteiger partial charge on any atom is -0.493 e. The molecular weight excluding hydrogens is 428 g/mol. The van der Waals surface area contributed by atoms with Gasteiger partial charge >= 0.3 is 0 Å². The molecular formula is C25H26O6S. The summed E-state index contributed by atoms with van der Waals surface area (Å²) >= 11 is 0. The predicted octanol–water partition coefficient (Wildman–Crippen LogP) is 5.00. The van der Waals surface area contributed by atoms with Gasteiger partial charge in [0, 0.05) is 23.1 Å². The molecule has 0 aromatic heterocycles. The maximum Gasteiger partial charge on any atom is 0.297 e. The molecule has 0 bridgehead atoms. The lowest BCUT2D eigenvalue weighted by atomic mass is 9.96. The van der Waals surface area contributed by atoms with Crippen molar-refractivity contribution in [1.82, 2.24) is 0 Å². The molecule has 1 aliphatic rings. The van der Waals surface area contributed by atoms with E-state index in [1.54, 1.807) is 26.4 Å². The van der Waals surface area contributed by atoms with E-state index in [0.29, 0.717) is 23.5 Å². The Labute approximate surface area is 188 Å². The van der Waals surface area contributed by atoms with Crippen LogP contribution in [0.4, 0.5) is 0 Å².